The second kappa shape index (κ2) is 7.56. The van der Waals surface area contributed by atoms with Crippen molar-refractivity contribution >= 4 is 5.91 Å². The highest BCUT2D eigenvalue weighted by Gasteiger charge is 2.45. The highest BCUT2D eigenvalue weighted by Crippen LogP contribution is 2.37. The molecule has 2 aromatic rings. The molecule has 1 saturated heterocycles. The number of hydrogen-bond donors (Lipinski definition) is 0. The number of rotatable bonds is 4. The summed E-state index contributed by atoms with van der Waals surface area (Å²) in [5, 5.41) is 11.7. The molecular formula is C20H27N5O. The van der Waals surface area contributed by atoms with Crippen LogP contribution in [-0.2, 0) is 16.8 Å². The largest absolute Gasteiger partial charge is 0.341 e. The number of aromatic nitrogens is 4. The van der Waals surface area contributed by atoms with Gasteiger partial charge in [0.1, 0.15) is 11.9 Å². The number of benzene rings is 1. The molecule has 0 bridgehead atoms. The van der Waals surface area contributed by atoms with Gasteiger partial charge < -0.3 is 4.90 Å². The molecule has 1 aromatic carbocycles. The van der Waals surface area contributed by atoms with Gasteiger partial charge in [-0.2, -0.15) is 0 Å². The zero-order chi connectivity index (χ0) is 17.8. The molecule has 2 aliphatic rings. The third kappa shape index (κ3) is 3.37. The molecule has 138 valence electrons. The van der Waals surface area contributed by atoms with Crippen molar-refractivity contribution in [2.45, 2.75) is 56.9 Å². The molecule has 1 aliphatic heterocycles. The minimum Gasteiger partial charge on any atom is -0.341 e. The molecule has 1 saturated carbocycles. The fourth-order valence-electron chi connectivity index (χ4n) is 4.62. The van der Waals surface area contributed by atoms with Crippen molar-refractivity contribution in [2.75, 3.05) is 13.1 Å². The molecule has 0 N–H and O–H groups in total. The Labute approximate surface area is 154 Å². The highest BCUT2D eigenvalue weighted by molar-refractivity contribution is 5.84. The van der Waals surface area contributed by atoms with Crippen LogP contribution < -0.4 is 0 Å². The second-order valence-corrected chi connectivity index (χ2v) is 7.77. The summed E-state index contributed by atoms with van der Waals surface area (Å²) >= 11 is 0. The van der Waals surface area contributed by atoms with E-state index in [1.165, 1.54) is 12.0 Å². The summed E-state index contributed by atoms with van der Waals surface area (Å²) < 4.78 is 1.73. The van der Waals surface area contributed by atoms with E-state index >= 15 is 0 Å². The Hall–Kier alpha value is -2.24. The Bertz CT molecular complexity index is 701. The Balaban J connectivity index is 1.42. The van der Waals surface area contributed by atoms with Crippen LogP contribution in [-0.4, -0.2) is 44.1 Å². The summed E-state index contributed by atoms with van der Waals surface area (Å²) in [5.41, 5.74) is 0.836. The van der Waals surface area contributed by atoms with Crippen LogP contribution in [0.25, 0.3) is 0 Å². The van der Waals surface area contributed by atoms with E-state index < -0.39 is 5.54 Å². The summed E-state index contributed by atoms with van der Waals surface area (Å²) in [6, 6.07) is 10.7. The van der Waals surface area contributed by atoms with E-state index in [-0.39, 0.29) is 5.91 Å². The molecule has 0 radical (unpaired) electrons. The molecular weight excluding hydrogens is 326 g/mol. The van der Waals surface area contributed by atoms with Gasteiger partial charge in [0.05, 0.1) is 0 Å². The first-order valence-corrected chi connectivity index (χ1v) is 9.85. The number of tetrazole rings is 1. The highest BCUT2D eigenvalue weighted by atomic mass is 16.2. The molecule has 0 atom stereocenters. The van der Waals surface area contributed by atoms with Crippen molar-refractivity contribution in [3.8, 4) is 0 Å². The Morgan fingerprint density at radius 3 is 2.46 bits per heavy atom. The molecule has 26 heavy (non-hydrogen) atoms. The van der Waals surface area contributed by atoms with Gasteiger partial charge >= 0.3 is 0 Å². The number of amides is 1. The molecule has 0 unspecified atom stereocenters. The Kier molecular flexibility index (Phi) is 5.00. The molecule has 1 aromatic heterocycles. The van der Waals surface area contributed by atoms with E-state index in [0.717, 1.165) is 58.0 Å². The second-order valence-electron chi connectivity index (χ2n) is 7.77. The lowest BCUT2D eigenvalue weighted by atomic mass is 9.79. The maximum atomic E-state index is 13.4. The predicted molar refractivity (Wildman–Crippen MR) is 98.3 cm³/mol. The number of likely N-dealkylation sites (tertiary alicyclic amines) is 1. The van der Waals surface area contributed by atoms with E-state index in [1.54, 1.807) is 11.0 Å². The van der Waals surface area contributed by atoms with Gasteiger partial charge in [-0.1, -0.05) is 49.6 Å². The first kappa shape index (κ1) is 17.2. The van der Waals surface area contributed by atoms with Crippen molar-refractivity contribution in [1.29, 1.82) is 0 Å². The minimum atomic E-state index is -0.561. The fourth-order valence-corrected chi connectivity index (χ4v) is 4.62. The van der Waals surface area contributed by atoms with Crippen LogP contribution in [0.1, 0.15) is 50.5 Å². The predicted octanol–water partition coefficient (Wildman–Crippen LogP) is 2.81. The summed E-state index contributed by atoms with van der Waals surface area (Å²) in [7, 11) is 0. The van der Waals surface area contributed by atoms with E-state index in [2.05, 4.69) is 50.8 Å². The van der Waals surface area contributed by atoms with Crippen LogP contribution in [0.4, 0.5) is 0 Å². The standard InChI is InChI=1S/C20H27N5O/c26-19(20(11-5-2-6-12-20)25-16-21-22-23-25)24-13-9-18(10-14-24)15-17-7-3-1-4-8-17/h1,3-4,7-8,16,18H,2,5-6,9-15H2. The van der Waals surface area contributed by atoms with Crippen molar-refractivity contribution in [2.24, 2.45) is 5.92 Å². The number of hydrogen-bond acceptors (Lipinski definition) is 4. The van der Waals surface area contributed by atoms with Crippen LogP contribution in [0.3, 0.4) is 0 Å². The Morgan fingerprint density at radius 1 is 1.08 bits per heavy atom. The summed E-state index contributed by atoms with van der Waals surface area (Å²) in [5.74, 6) is 0.888. The van der Waals surface area contributed by atoms with Gasteiger partial charge in [-0.25, -0.2) is 4.68 Å². The van der Waals surface area contributed by atoms with Gasteiger partial charge in [0.15, 0.2) is 0 Å². The Morgan fingerprint density at radius 2 is 1.81 bits per heavy atom. The van der Waals surface area contributed by atoms with Crippen LogP contribution in [0.15, 0.2) is 36.7 Å². The zero-order valence-corrected chi connectivity index (χ0v) is 15.3. The third-order valence-corrected chi connectivity index (χ3v) is 6.14. The van der Waals surface area contributed by atoms with Crippen LogP contribution in [0.5, 0.6) is 0 Å². The lowest BCUT2D eigenvalue weighted by Gasteiger charge is -2.41. The van der Waals surface area contributed by atoms with Gasteiger partial charge in [-0.05, 0) is 54.0 Å². The molecule has 6 heteroatoms. The zero-order valence-electron chi connectivity index (χ0n) is 15.3. The van der Waals surface area contributed by atoms with Crippen molar-refractivity contribution in [3.63, 3.8) is 0 Å². The van der Waals surface area contributed by atoms with E-state index in [1.807, 2.05) is 0 Å². The van der Waals surface area contributed by atoms with Gasteiger partial charge in [0.2, 0.25) is 0 Å². The van der Waals surface area contributed by atoms with Crippen molar-refractivity contribution in [3.05, 3.63) is 42.2 Å². The molecule has 1 amide bonds. The smallest absolute Gasteiger partial charge is 0.250 e. The SMILES string of the molecule is O=C(N1CCC(Cc2ccccc2)CC1)C1(n2cnnn2)CCCCC1. The van der Waals surface area contributed by atoms with E-state index in [0.29, 0.717) is 5.92 Å². The van der Waals surface area contributed by atoms with Gasteiger partial charge in [0.25, 0.3) is 5.91 Å². The first-order valence-electron chi connectivity index (χ1n) is 9.85. The van der Waals surface area contributed by atoms with Gasteiger partial charge in [-0.3, -0.25) is 4.79 Å². The average molecular weight is 353 g/mol. The van der Waals surface area contributed by atoms with Crippen LogP contribution in [0, 0.1) is 5.92 Å². The minimum absolute atomic E-state index is 0.225. The van der Waals surface area contributed by atoms with Crippen molar-refractivity contribution in [1.82, 2.24) is 25.1 Å². The summed E-state index contributed by atoms with van der Waals surface area (Å²) in [6.45, 7) is 1.69. The van der Waals surface area contributed by atoms with Crippen LogP contribution in [0.2, 0.25) is 0 Å². The van der Waals surface area contributed by atoms with E-state index in [9.17, 15) is 4.79 Å². The maximum absolute atomic E-state index is 13.4. The molecule has 2 heterocycles. The first-order chi connectivity index (χ1) is 12.8. The number of nitrogens with zero attached hydrogens (tertiary/aromatic N) is 5. The molecule has 6 nitrogen and oxygen atoms in total. The number of piperidine rings is 1. The van der Waals surface area contributed by atoms with Gasteiger partial charge in [0, 0.05) is 13.1 Å². The molecule has 0 spiro atoms. The normalized spacial score (nSPS) is 20.8. The lowest BCUT2D eigenvalue weighted by Crippen LogP contribution is -2.54. The molecule has 2 fully saturated rings. The fraction of sp³-hybridized carbons (Fsp3) is 0.600. The quantitative estimate of drug-likeness (QED) is 0.848. The van der Waals surface area contributed by atoms with Crippen molar-refractivity contribution < 1.29 is 4.79 Å². The maximum Gasteiger partial charge on any atom is 0.250 e. The molecule has 1 aliphatic carbocycles. The van der Waals surface area contributed by atoms with Gasteiger partial charge in [-0.15, -0.1) is 5.10 Å². The number of carbonyl (C=O) groups is 1. The summed E-state index contributed by atoms with van der Waals surface area (Å²) in [4.78, 5) is 15.5. The van der Waals surface area contributed by atoms with Crippen LogP contribution >= 0.6 is 0 Å². The molecule has 4 rings (SSSR count). The lowest BCUT2D eigenvalue weighted by molar-refractivity contribution is -0.145. The average Bonchev–Trinajstić information content (AvgIpc) is 3.25. The topological polar surface area (TPSA) is 63.9 Å². The summed E-state index contributed by atoms with van der Waals surface area (Å²) in [6.07, 6.45) is 9.90. The monoisotopic (exact) mass is 353 g/mol. The third-order valence-electron chi connectivity index (χ3n) is 6.14. The van der Waals surface area contributed by atoms with E-state index in [4.69, 9.17) is 0 Å². The number of carbonyl (C=O) groups excluding carboxylic acids is 1.